The average Bonchev–Trinajstić information content (AvgIpc) is 2.89. The highest BCUT2D eigenvalue weighted by molar-refractivity contribution is 14.1. The molecule has 3 aromatic carbocycles. The Morgan fingerprint density at radius 3 is 2.54 bits per heavy atom. The van der Waals surface area contributed by atoms with Crippen molar-refractivity contribution in [1.29, 1.82) is 0 Å². The van der Waals surface area contributed by atoms with E-state index in [1.54, 1.807) is 6.21 Å². The summed E-state index contributed by atoms with van der Waals surface area (Å²) >= 11 is 14.3. The van der Waals surface area contributed by atoms with E-state index >= 15 is 0 Å². The number of benzene rings is 3. The van der Waals surface area contributed by atoms with Gasteiger partial charge >= 0.3 is 0 Å². The minimum atomic E-state index is -0.146. The standard InChI is InChI=1S/C28H23BrClI2N3O2/c29-20-10-11-25-21(14-20)28(36)35(27(34-25)18-6-2-1-3-7-18)33-15-17-12-23(31)26(24(32)13-17)37-16-19-8-4-5-9-22(19)30/h4-5,8-15,18H,1-3,6-7,16H2. The molecule has 0 amide bonds. The molecule has 0 spiro atoms. The number of ether oxygens (including phenoxy) is 1. The maximum atomic E-state index is 13.6. The van der Waals surface area contributed by atoms with Crippen LogP contribution in [-0.4, -0.2) is 15.9 Å². The molecule has 0 N–H and O–H groups in total. The highest BCUT2D eigenvalue weighted by Crippen LogP contribution is 2.33. The first-order valence-electron chi connectivity index (χ1n) is 12.0. The number of rotatable bonds is 6. The molecule has 0 atom stereocenters. The van der Waals surface area contributed by atoms with Gasteiger partial charge in [0.15, 0.2) is 0 Å². The summed E-state index contributed by atoms with van der Waals surface area (Å²) in [6, 6.07) is 17.3. The molecule has 37 heavy (non-hydrogen) atoms. The summed E-state index contributed by atoms with van der Waals surface area (Å²) in [5, 5.41) is 5.93. The van der Waals surface area contributed by atoms with Gasteiger partial charge in [0.05, 0.1) is 24.3 Å². The average molecular weight is 803 g/mol. The van der Waals surface area contributed by atoms with Crippen LogP contribution < -0.4 is 10.3 Å². The smallest absolute Gasteiger partial charge is 0.282 e. The Balaban J connectivity index is 1.48. The molecule has 190 valence electrons. The third-order valence-electron chi connectivity index (χ3n) is 6.48. The zero-order valence-corrected chi connectivity index (χ0v) is 26.4. The molecule has 5 rings (SSSR count). The van der Waals surface area contributed by atoms with Crippen LogP contribution in [0.4, 0.5) is 0 Å². The molecule has 0 saturated heterocycles. The van der Waals surface area contributed by atoms with E-state index in [-0.39, 0.29) is 11.5 Å². The molecule has 1 aromatic heterocycles. The van der Waals surface area contributed by atoms with Crippen LogP contribution in [0.3, 0.4) is 0 Å². The normalized spacial score (nSPS) is 14.5. The molecular formula is C28H23BrClI2N3O2. The summed E-state index contributed by atoms with van der Waals surface area (Å²) < 4.78 is 10.4. The van der Waals surface area contributed by atoms with E-state index in [0.29, 0.717) is 22.5 Å². The first-order valence-corrected chi connectivity index (χ1v) is 15.4. The van der Waals surface area contributed by atoms with Gasteiger partial charge in [-0.2, -0.15) is 9.78 Å². The van der Waals surface area contributed by atoms with Crippen molar-refractivity contribution in [1.82, 2.24) is 9.66 Å². The second-order valence-electron chi connectivity index (χ2n) is 9.02. The van der Waals surface area contributed by atoms with Gasteiger partial charge in [0.1, 0.15) is 18.2 Å². The number of nitrogens with zero attached hydrogens (tertiary/aromatic N) is 3. The van der Waals surface area contributed by atoms with Gasteiger partial charge in [-0.05, 0) is 100.0 Å². The van der Waals surface area contributed by atoms with E-state index in [4.69, 9.17) is 21.3 Å². The second kappa shape index (κ2) is 12.1. The van der Waals surface area contributed by atoms with Crippen molar-refractivity contribution in [3.63, 3.8) is 0 Å². The number of hydrogen-bond donors (Lipinski definition) is 0. The fourth-order valence-corrected chi connectivity index (χ4v) is 7.26. The van der Waals surface area contributed by atoms with Gasteiger partial charge in [-0.25, -0.2) is 4.98 Å². The van der Waals surface area contributed by atoms with Gasteiger partial charge in [-0.15, -0.1) is 0 Å². The maximum Gasteiger partial charge on any atom is 0.282 e. The number of halogens is 4. The molecule has 9 heteroatoms. The molecule has 0 radical (unpaired) electrons. The monoisotopic (exact) mass is 801 g/mol. The van der Waals surface area contributed by atoms with Crippen LogP contribution in [0.15, 0.2) is 69.0 Å². The van der Waals surface area contributed by atoms with Crippen molar-refractivity contribution in [3.8, 4) is 5.75 Å². The van der Waals surface area contributed by atoms with Crippen molar-refractivity contribution in [2.45, 2.75) is 44.6 Å². The van der Waals surface area contributed by atoms with E-state index in [9.17, 15) is 4.79 Å². The van der Waals surface area contributed by atoms with Crippen molar-refractivity contribution >= 4 is 89.8 Å². The van der Waals surface area contributed by atoms with Gasteiger partial charge in [0, 0.05) is 21.0 Å². The Kier molecular flexibility index (Phi) is 8.88. The van der Waals surface area contributed by atoms with E-state index < -0.39 is 0 Å². The Labute approximate surface area is 256 Å². The molecule has 1 fully saturated rings. The van der Waals surface area contributed by atoms with Crippen LogP contribution >= 0.6 is 72.7 Å². The third-order valence-corrected chi connectivity index (χ3v) is 8.94. The van der Waals surface area contributed by atoms with Gasteiger partial charge in [-0.1, -0.05) is 65.0 Å². The first kappa shape index (κ1) is 27.1. The molecule has 1 saturated carbocycles. The molecule has 4 aromatic rings. The Bertz CT molecular complexity index is 1530. The van der Waals surface area contributed by atoms with E-state index in [0.717, 1.165) is 60.0 Å². The predicted octanol–water partition coefficient (Wildman–Crippen LogP) is 8.53. The molecular weight excluding hydrogens is 779 g/mol. The highest BCUT2D eigenvalue weighted by Gasteiger charge is 2.22. The van der Waals surface area contributed by atoms with E-state index in [1.165, 1.54) is 11.1 Å². The maximum absolute atomic E-state index is 13.6. The van der Waals surface area contributed by atoms with Crippen molar-refractivity contribution in [2.75, 3.05) is 0 Å². The summed E-state index contributed by atoms with van der Waals surface area (Å²) in [6.45, 7) is 0.386. The Morgan fingerprint density at radius 1 is 1.08 bits per heavy atom. The second-order valence-corrected chi connectivity index (χ2v) is 12.7. The lowest BCUT2D eigenvalue weighted by Crippen LogP contribution is -2.25. The lowest BCUT2D eigenvalue weighted by Gasteiger charge is -2.22. The van der Waals surface area contributed by atoms with E-state index in [1.807, 2.05) is 54.6 Å². The molecule has 1 aliphatic carbocycles. The summed E-state index contributed by atoms with van der Waals surface area (Å²) in [6.07, 6.45) is 7.31. The first-order chi connectivity index (χ1) is 17.9. The fourth-order valence-electron chi connectivity index (χ4n) is 4.58. The van der Waals surface area contributed by atoms with Crippen LogP contribution in [0.25, 0.3) is 10.9 Å². The van der Waals surface area contributed by atoms with Gasteiger partial charge < -0.3 is 4.74 Å². The van der Waals surface area contributed by atoms with E-state index in [2.05, 4.69) is 66.2 Å². The summed E-state index contributed by atoms with van der Waals surface area (Å²) in [5.41, 5.74) is 2.39. The lowest BCUT2D eigenvalue weighted by molar-refractivity contribution is 0.302. The molecule has 0 unspecified atom stereocenters. The summed E-state index contributed by atoms with van der Waals surface area (Å²) in [4.78, 5) is 18.5. The SMILES string of the molecule is O=c1c2cc(Br)ccc2nc(C2CCCCC2)n1N=Cc1cc(I)c(OCc2ccccc2Cl)c(I)c1. The fraction of sp³-hybridized carbons (Fsp3) is 0.250. The van der Waals surface area contributed by atoms with Gasteiger partial charge in [0.25, 0.3) is 5.56 Å². The third kappa shape index (κ3) is 6.23. The number of fused-ring (bicyclic) bond motifs is 1. The Morgan fingerprint density at radius 2 is 1.81 bits per heavy atom. The van der Waals surface area contributed by atoms with Crippen molar-refractivity contribution in [3.05, 3.63) is 98.5 Å². The molecule has 1 aliphatic rings. The quantitative estimate of drug-likeness (QED) is 0.145. The van der Waals surface area contributed by atoms with Gasteiger partial charge in [-0.3, -0.25) is 4.79 Å². The largest absolute Gasteiger partial charge is 0.487 e. The van der Waals surface area contributed by atoms with Crippen LogP contribution in [0, 0.1) is 7.14 Å². The van der Waals surface area contributed by atoms with Crippen LogP contribution in [0.2, 0.25) is 5.02 Å². The van der Waals surface area contributed by atoms with Gasteiger partial charge in [0.2, 0.25) is 0 Å². The molecule has 0 bridgehead atoms. The highest BCUT2D eigenvalue weighted by atomic mass is 127. The van der Waals surface area contributed by atoms with Crippen LogP contribution in [0.1, 0.15) is 55.0 Å². The minimum absolute atomic E-state index is 0.146. The summed E-state index contributed by atoms with van der Waals surface area (Å²) in [7, 11) is 0. The molecule has 1 heterocycles. The summed E-state index contributed by atoms with van der Waals surface area (Å²) in [5.74, 6) is 1.78. The van der Waals surface area contributed by atoms with Crippen molar-refractivity contribution < 1.29 is 4.74 Å². The van der Waals surface area contributed by atoms with Crippen molar-refractivity contribution in [2.24, 2.45) is 5.10 Å². The number of hydrogen-bond acceptors (Lipinski definition) is 4. The number of aromatic nitrogens is 2. The van der Waals surface area contributed by atoms with Crippen LogP contribution in [-0.2, 0) is 6.61 Å². The zero-order chi connectivity index (χ0) is 25.9. The molecule has 0 aliphatic heterocycles. The molecule has 5 nitrogen and oxygen atoms in total. The predicted molar refractivity (Wildman–Crippen MR) is 170 cm³/mol. The minimum Gasteiger partial charge on any atom is -0.487 e. The Hall–Kier alpha value is -1.50. The lowest BCUT2D eigenvalue weighted by atomic mass is 9.88. The topological polar surface area (TPSA) is 56.5 Å². The van der Waals surface area contributed by atoms with Crippen LogP contribution in [0.5, 0.6) is 5.75 Å². The zero-order valence-electron chi connectivity index (χ0n) is 19.8.